The minimum absolute atomic E-state index is 0.0792. The Morgan fingerprint density at radius 2 is 1.48 bits per heavy atom. The van der Waals surface area contributed by atoms with Gasteiger partial charge in [0.25, 0.3) is 0 Å². The number of hydrogen-bond acceptors (Lipinski definition) is 4. The molecule has 1 unspecified atom stereocenters. The molecule has 1 atom stereocenters. The SMILES string of the molecule is CCOC1C=C(C(F)(F)F)OC(Oc2ccccc2)(Oc2ccccc2)C1. The molecule has 4 nitrogen and oxygen atoms in total. The fourth-order valence-corrected chi connectivity index (χ4v) is 2.67. The first-order chi connectivity index (χ1) is 12.9. The van der Waals surface area contributed by atoms with Crippen LogP contribution in [0.2, 0.25) is 0 Å². The van der Waals surface area contributed by atoms with Crippen molar-refractivity contribution in [2.75, 3.05) is 6.61 Å². The molecule has 1 aliphatic rings. The van der Waals surface area contributed by atoms with Gasteiger partial charge in [0.05, 0.1) is 12.5 Å². The van der Waals surface area contributed by atoms with Crippen molar-refractivity contribution in [1.82, 2.24) is 0 Å². The zero-order valence-electron chi connectivity index (χ0n) is 14.6. The molecule has 27 heavy (non-hydrogen) atoms. The van der Waals surface area contributed by atoms with Crippen molar-refractivity contribution in [3.8, 4) is 11.5 Å². The molecular formula is C20H19F3O4. The maximum Gasteiger partial charge on any atom is 0.448 e. The summed E-state index contributed by atoms with van der Waals surface area (Å²) in [5.41, 5.74) is 0. The average molecular weight is 380 g/mol. The van der Waals surface area contributed by atoms with E-state index in [1.165, 1.54) is 0 Å². The van der Waals surface area contributed by atoms with Crippen LogP contribution in [0.25, 0.3) is 0 Å². The first kappa shape index (κ1) is 19.1. The van der Waals surface area contributed by atoms with Crippen molar-refractivity contribution in [1.29, 1.82) is 0 Å². The van der Waals surface area contributed by atoms with E-state index < -0.39 is 24.0 Å². The molecule has 0 saturated heterocycles. The highest BCUT2D eigenvalue weighted by molar-refractivity contribution is 5.25. The molecule has 0 saturated carbocycles. The Balaban J connectivity index is 1.98. The van der Waals surface area contributed by atoms with Crippen LogP contribution in [0.1, 0.15) is 13.3 Å². The Kier molecular flexibility index (Phi) is 5.60. The molecule has 0 bridgehead atoms. The third-order valence-electron chi connectivity index (χ3n) is 3.75. The Labute approximate surface area is 155 Å². The van der Waals surface area contributed by atoms with Crippen molar-refractivity contribution in [3.05, 3.63) is 72.5 Å². The topological polar surface area (TPSA) is 36.9 Å². The molecule has 0 amide bonds. The second-order valence-electron chi connectivity index (χ2n) is 5.84. The summed E-state index contributed by atoms with van der Waals surface area (Å²) in [6.07, 6.45) is -4.76. The van der Waals surface area contributed by atoms with Crippen molar-refractivity contribution in [2.24, 2.45) is 0 Å². The molecule has 0 N–H and O–H groups in total. The lowest BCUT2D eigenvalue weighted by Gasteiger charge is -2.39. The lowest BCUT2D eigenvalue weighted by molar-refractivity contribution is -0.322. The molecule has 144 valence electrons. The van der Waals surface area contributed by atoms with Crippen LogP contribution in [0.4, 0.5) is 13.2 Å². The van der Waals surface area contributed by atoms with Crippen LogP contribution in [0.5, 0.6) is 11.5 Å². The summed E-state index contributed by atoms with van der Waals surface area (Å²) in [5, 5.41) is 0. The summed E-state index contributed by atoms with van der Waals surface area (Å²) < 4.78 is 62.5. The van der Waals surface area contributed by atoms with Gasteiger partial charge in [-0.25, -0.2) is 0 Å². The maximum absolute atomic E-state index is 13.4. The fourth-order valence-electron chi connectivity index (χ4n) is 2.67. The van der Waals surface area contributed by atoms with Crippen molar-refractivity contribution in [2.45, 2.75) is 31.6 Å². The highest BCUT2D eigenvalue weighted by Gasteiger charge is 2.51. The summed E-state index contributed by atoms with van der Waals surface area (Å²) in [7, 11) is 0. The molecule has 1 aliphatic heterocycles. The van der Waals surface area contributed by atoms with E-state index in [4.69, 9.17) is 18.9 Å². The first-order valence-corrected chi connectivity index (χ1v) is 8.48. The van der Waals surface area contributed by atoms with E-state index in [-0.39, 0.29) is 13.0 Å². The molecule has 0 aliphatic carbocycles. The summed E-state index contributed by atoms with van der Waals surface area (Å²) in [5.74, 6) is -2.61. The standard InChI is InChI=1S/C20H19F3O4/c1-2-24-17-13-18(20(21,22)23)27-19(14-17,25-15-9-5-3-6-10-15)26-16-11-7-4-8-12-16/h3-13,17H,2,14H2,1H3. The van der Waals surface area contributed by atoms with Crippen molar-refractivity contribution >= 4 is 0 Å². The van der Waals surface area contributed by atoms with Crippen molar-refractivity contribution in [3.63, 3.8) is 0 Å². The molecule has 1 heterocycles. The zero-order valence-corrected chi connectivity index (χ0v) is 14.6. The van der Waals surface area contributed by atoms with Gasteiger partial charge in [-0.3, -0.25) is 0 Å². The van der Waals surface area contributed by atoms with E-state index in [0.29, 0.717) is 11.5 Å². The van der Waals surface area contributed by atoms with Crippen LogP contribution in [0.15, 0.2) is 72.5 Å². The molecule has 3 rings (SSSR count). The van der Waals surface area contributed by atoms with Gasteiger partial charge < -0.3 is 18.9 Å². The van der Waals surface area contributed by atoms with Crippen molar-refractivity contribution < 1.29 is 32.1 Å². The lowest BCUT2D eigenvalue weighted by Crippen LogP contribution is -2.51. The Bertz CT molecular complexity index is 718. The number of hydrogen-bond donors (Lipinski definition) is 0. The van der Waals surface area contributed by atoms with E-state index in [1.54, 1.807) is 67.6 Å². The van der Waals surface area contributed by atoms with E-state index in [1.807, 2.05) is 0 Å². The molecule has 0 spiro atoms. The van der Waals surface area contributed by atoms with Crippen LogP contribution >= 0.6 is 0 Å². The number of alkyl halides is 3. The highest BCUT2D eigenvalue weighted by Crippen LogP contribution is 2.39. The van der Waals surface area contributed by atoms with Gasteiger partial charge in [-0.05, 0) is 37.3 Å². The third kappa shape index (κ3) is 4.95. The van der Waals surface area contributed by atoms with E-state index in [9.17, 15) is 13.2 Å². The summed E-state index contributed by atoms with van der Waals surface area (Å²) >= 11 is 0. The molecule has 2 aromatic carbocycles. The Hall–Kier alpha value is -2.67. The van der Waals surface area contributed by atoms with Crippen LogP contribution < -0.4 is 9.47 Å². The van der Waals surface area contributed by atoms with Crippen LogP contribution in [-0.4, -0.2) is 24.9 Å². The van der Waals surface area contributed by atoms with Crippen LogP contribution in [0, 0.1) is 0 Å². The number of benzene rings is 2. The first-order valence-electron chi connectivity index (χ1n) is 8.48. The van der Waals surface area contributed by atoms with Gasteiger partial charge in [0.15, 0.2) is 0 Å². The largest absolute Gasteiger partial charge is 0.448 e. The lowest BCUT2D eigenvalue weighted by atomic mass is 10.1. The Morgan fingerprint density at radius 1 is 0.963 bits per heavy atom. The van der Waals surface area contributed by atoms with Gasteiger partial charge >= 0.3 is 12.1 Å². The van der Waals surface area contributed by atoms with Gasteiger partial charge in [-0.1, -0.05) is 36.4 Å². The Morgan fingerprint density at radius 3 is 1.93 bits per heavy atom. The van der Waals surface area contributed by atoms with Gasteiger partial charge in [-0.15, -0.1) is 0 Å². The van der Waals surface area contributed by atoms with Gasteiger partial charge in [0.1, 0.15) is 11.5 Å². The normalized spacial score (nSPS) is 19.0. The van der Waals surface area contributed by atoms with Gasteiger partial charge in [-0.2, -0.15) is 13.2 Å². The molecule has 0 aromatic heterocycles. The smallest absolute Gasteiger partial charge is 0.421 e. The van der Waals surface area contributed by atoms with Gasteiger partial charge in [0, 0.05) is 6.61 Å². The number of halogens is 3. The minimum Gasteiger partial charge on any atom is -0.421 e. The molecule has 7 heteroatoms. The second-order valence-corrected chi connectivity index (χ2v) is 5.84. The summed E-state index contributed by atoms with van der Waals surface area (Å²) in [4.78, 5) is 0. The quantitative estimate of drug-likeness (QED) is 0.656. The average Bonchev–Trinajstić information content (AvgIpc) is 2.62. The third-order valence-corrected chi connectivity index (χ3v) is 3.75. The molecular weight excluding hydrogens is 361 g/mol. The summed E-state index contributed by atoms with van der Waals surface area (Å²) in [6.45, 7) is 1.94. The molecule has 0 radical (unpaired) electrons. The second kappa shape index (κ2) is 7.92. The number of rotatable bonds is 6. The summed E-state index contributed by atoms with van der Waals surface area (Å²) in [6, 6.07) is 16.8. The predicted molar refractivity (Wildman–Crippen MR) is 92.1 cm³/mol. The van der Waals surface area contributed by atoms with E-state index in [0.717, 1.165) is 6.08 Å². The van der Waals surface area contributed by atoms with Gasteiger partial charge in [0.2, 0.25) is 5.76 Å². The molecule has 2 aromatic rings. The predicted octanol–water partition coefficient (Wildman–Crippen LogP) is 5.07. The maximum atomic E-state index is 13.4. The number of para-hydroxylation sites is 2. The van der Waals surface area contributed by atoms with Crippen LogP contribution in [0.3, 0.4) is 0 Å². The van der Waals surface area contributed by atoms with E-state index in [2.05, 4.69) is 0 Å². The fraction of sp³-hybridized carbons (Fsp3) is 0.300. The monoisotopic (exact) mass is 380 g/mol. The number of allylic oxidation sites excluding steroid dienone is 1. The minimum atomic E-state index is -4.71. The highest BCUT2D eigenvalue weighted by atomic mass is 19.4. The van der Waals surface area contributed by atoms with Crippen LogP contribution in [-0.2, 0) is 9.47 Å². The molecule has 0 fully saturated rings. The van der Waals surface area contributed by atoms with E-state index >= 15 is 0 Å². The zero-order chi connectivity index (χ0) is 19.3. The number of ether oxygens (including phenoxy) is 4.